The van der Waals surface area contributed by atoms with E-state index in [0.717, 1.165) is 11.1 Å². The smallest absolute Gasteiger partial charge is 0.124 e. The van der Waals surface area contributed by atoms with E-state index in [1.54, 1.807) is 6.08 Å². The summed E-state index contributed by atoms with van der Waals surface area (Å²) in [6.07, 6.45) is 1.76. The highest BCUT2D eigenvalue weighted by molar-refractivity contribution is 5.91. The van der Waals surface area contributed by atoms with Gasteiger partial charge < -0.3 is 5.11 Å². The summed E-state index contributed by atoms with van der Waals surface area (Å²) in [5.74, 6) is 0.408. The van der Waals surface area contributed by atoms with Crippen LogP contribution in [0.3, 0.4) is 0 Å². The Kier molecular flexibility index (Phi) is 0.707. The number of aliphatic hydroxyl groups excluding tert-OH is 1. The molecule has 1 aliphatic carbocycles. The molecule has 9 heavy (non-hydrogen) atoms. The minimum absolute atomic E-state index is 0.408. The maximum atomic E-state index is 8.96. The van der Waals surface area contributed by atoms with Crippen LogP contribution in [0.5, 0.6) is 0 Å². The first kappa shape index (κ1) is 4.62. The van der Waals surface area contributed by atoms with E-state index in [4.69, 9.17) is 5.11 Å². The van der Waals surface area contributed by atoms with Gasteiger partial charge in [0.1, 0.15) is 5.76 Å². The van der Waals surface area contributed by atoms with E-state index >= 15 is 0 Å². The minimum Gasteiger partial charge on any atom is -0.507 e. The van der Waals surface area contributed by atoms with Crippen molar-refractivity contribution in [3.8, 4) is 0 Å². The number of hydrogen-bond acceptors (Lipinski definition) is 1. The summed E-state index contributed by atoms with van der Waals surface area (Å²) < 4.78 is 0. The Balaban J connectivity index is 2.61. The molecule has 0 aliphatic heterocycles. The molecular weight excluding hydrogens is 112 g/mol. The molecule has 1 heteroatoms. The molecule has 1 aliphatic rings. The third-order valence-electron chi connectivity index (χ3n) is 1.53. The van der Waals surface area contributed by atoms with E-state index in [0.29, 0.717) is 5.76 Å². The van der Waals surface area contributed by atoms with Gasteiger partial charge in [-0.05, 0) is 11.6 Å². The molecule has 0 spiro atoms. The van der Waals surface area contributed by atoms with Gasteiger partial charge >= 0.3 is 0 Å². The predicted molar refractivity (Wildman–Crippen MR) is 36.9 cm³/mol. The third-order valence-corrected chi connectivity index (χ3v) is 1.53. The van der Waals surface area contributed by atoms with E-state index < -0.39 is 0 Å². The van der Waals surface area contributed by atoms with E-state index in [-0.39, 0.29) is 0 Å². The topological polar surface area (TPSA) is 20.2 Å². The summed E-state index contributed by atoms with van der Waals surface area (Å²) in [7, 11) is 0. The predicted octanol–water partition coefficient (Wildman–Crippen LogP) is 2.06. The van der Waals surface area contributed by atoms with Crippen molar-refractivity contribution in [2.75, 3.05) is 0 Å². The first-order chi connectivity index (χ1) is 4.38. The van der Waals surface area contributed by atoms with Crippen molar-refractivity contribution < 1.29 is 5.11 Å². The minimum atomic E-state index is 0.408. The van der Waals surface area contributed by atoms with Crippen LogP contribution < -0.4 is 0 Å². The fourth-order valence-corrected chi connectivity index (χ4v) is 1.00. The summed E-state index contributed by atoms with van der Waals surface area (Å²) in [5.41, 5.74) is 2.10. The molecule has 1 aromatic rings. The van der Waals surface area contributed by atoms with E-state index in [1.165, 1.54) is 0 Å². The molecule has 0 unspecified atom stereocenters. The van der Waals surface area contributed by atoms with Crippen LogP contribution in [0.4, 0.5) is 0 Å². The summed E-state index contributed by atoms with van der Waals surface area (Å²) in [5, 5.41) is 8.96. The zero-order valence-electron chi connectivity index (χ0n) is 4.83. The van der Waals surface area contributed by atoms with Crippen molar-refractivity contribution in [2.24, 2.45) is 0 Å². The van der Waals surface area contributed by atoms with Gasteiger partial charge in [-0.15, -0.1) is 0 Å². The number of fused-ring (bicyclic) bond motifs is 1. The van der Waals surface area contributed by atoms with Crippen molar-refractivity contribution >= 4 is 11.8 Å². The van der Waals surface area contributed by atoms with Gasteiger partial charge in [0.15, 0.2) is 0 Å². The number of rotatable bonds is 0. The average Bonchev–Trinajstić information content (AvgIpc) is 1.86. The van der Waals surface area contributed by atoms with Gasteiger partial charge in [-0.1, -0.05) is 24.3 Å². The molecule has 44 valence electrons. The maximum absolute atomic E-state index is 8.96. The maximum Gasteiger partial charge on any atom is 0.124 e. The monoisotopic (exact) mass is 118 g/mol. The van der Waals surface area contributed by atoms with Crippen LogP contribution in [0.15, 0.2) is 24.3 Å². The summed E-state index contributed by atoms with van der Waals surface area (Å²) in [6, 6.07) is 7.77. The van der Waals surface area contributed by atoms with Crippen LogP contribution in [-0.2, 0) is 0 Å². The van der Waals surface area contributed by atoms with E-state index in [1.807, 2.05) is 24.3 Å². The second-order valence-electron chi connectivity index (χ2n) is 2.12. The Morgan fingerprint density at radius 2 is 1.89 bits per heavy atom. The van der Waals surface area contributed by atoms with Gasteiger partial charge in [0.05, 0.1) is 0 Å². The van der Waals surface area contributed by atoms with Crippen LogP contribution in [0.2, 0.25) is 0 Å². The Labute approximate surface area is 53.3 Å². The van der Waals surface area contributed by atoms with Crippen LogP contribution >= 0.6 is 0 Å². The molecule has 2 rings (SSSR count). The van der Waals surface area contributed by atoms with Crippen molar-refractivity contribution in [1.29, 1.82) is 0 Å². The molecule has 0 aromatic heterocycles. The molecule has 0 saturated carbocycles. The summed E-state index contributed by atoms with van der Waals surface area (Å²) >= 11 is 0. The summed E-state index contributed by atoms with van der Waals surface area (Å²) in [6.45, 7) is 0. The lowest BCUT2D eigenvalue weighted by Crippen LogP contribution is -1.95. The largest absolute Gasteiger partial charge is 0.507 e. The summed E-state index contributed by atoms with van der Waals surface area (Å²) in [4.78, 5) is 0. The molecule has 1 aromatic carbocycles. The highest BCUT2D eigenvalue weighted by Gasteiger charge is 2.12. The van der Waals surface area contributed by atoms with Crippen molar-refractivity contribution in [3.63, 3.8) is 0 Å². The normalized spacial score (nSPS) is 13.6. The zero-order valence-corrected chi connectivity index (χ0v) is 4.83. The van der Waals surface area contributed by atoms with Crippen molar-refractivity contribution in [1.82, 2.24) is 0 Å². The Hall–Kier alpha value is -1.24. The van der Waals surface area contributed by atoms with Crippen LogP contribution in [0, 0.1) is 0 Å². The fourth-order valence-electron chi connectivity index (χ4n) is 1.00. The van der Waals surface area contributed by atoms with Gasteiger partial charge in [-0.2, -0.15) is 0 Å². The Bertz CT molecular complexity index is 274. The lowest BCUT2D eigenvalue weighted by Gasteiger charge is -2.12. The molecule has 0 amide bonds. The molecule has 0 atom stereocenters. The third kappa shape index (κ3) is 0.486. The van der Waals surface area contributed by atoms with Crippen molar-refractivity contribution in [3.05, 3.63) is 35.4 Å². The molecule has 1 nitrogen and oxygen atoms in total. The number of aliphatic hydroxyl groups is 1. The van der Waals surface area contributed by atoms with Gasteiger partial charge in [0.25, 0.3) is 0 Å². The second kappa shape index (κ2) is 1.38. The second-order valence-corrected chi connectivity index (χ2v) is 2.12. The molecular formula is C8H6O. The Morgan fingerprint density at radius 3 is 2.44 bits per heavy atom. The molecule has 0 bridgehead atoms. The van der Waals surface area contributed by atoms with Gasteiger partial charge in [-0.3, -0.25) is 0 Å². The first-order valence-electron chi connectivity index (χ1n) is 2.88. The average molecular weight is 118 g/mol. The first-order valence-corrected chi connectivity index (χ1v) is 2.88. The molecule has 0 radical (unpaired) electrons. The van der Waals surface area contributed by atoms with E-state index in [9.17, 15) is 0 Å². The van der Waals surface area contributed by atoms with Crippen molar-refractivity contribution in [2.45, 2.75) is 0 Å². The number of benzene rings is 1. The standard InChI is InChI=1S/C8H6O/c9-8-5-6-3-1-2-4-7(6)8/h1-5,9H. The Morgan fingerprint density at radius 1 is 1.11 bits per heavy atom. The van der Waals surface area contributed by atoms with Gasteiger partial charge in [0.2, 0.25) is 0 Å². The van der Waals surface area contributed by atoms with Crippen LogP contribution in [0.1, 0.15) is 11.1 Å². The highest BCUT2D eigenvalue weighted by Crippen LogP contribution is 2.28. The SMILES string of the molecule is OC1=Cc2ccccc21. The molecule has 0 saturated heterocycles. The zero-order chi connectivity index (χ0) is 6.27. The quantitative estimate of drug-likeness (QED) is 0.552. The van der Waals surface area contributed by atoms with Gasteiger partial charge in [-0.25, -0.2) is 0 Å². The highest BCUT2D eigenvalue weighted by atomic mass is 16.3. The van der Waals surface area contributed by atoms with Gasteiger partial charge in [0, 0.05) is 5.56 Å². The van der Waals surface area contributed by atoms with Crippen LogP contribution in [0.25, 0.3) is 11.8 Å². The fraction of sp³-hybridized carbons (Fsp3) is 0. The molecule has 0 fully saturated rings. The number of hydrogen-bond donors (Lipinski definition) is 1. The van der Waals surface area contributed by atoms with E-state index in [2.05, 4.69) is 0 Å². The molecule has 0 heterocycles. The lowest BCUT2D eigenvalue weighted by molar-refractivity contribution is 0.511. The van der Waals surface area contributed by atoms with Crippen LogP contribution in [-0.4, -0.2) is 5.11 Å². The molecule has 1 N–H and O–H groups in total. The lowest BCUT2D eigenvalue weighted by atomic mass is 9.96.